The molecule has 1 saturated carbocycles. The second-order valence-electron chi connectivity index (χ2n) is 9.44. The lowest BCUT2D eigenvalue weighted by atomic mass is 9.87. The molecule has 3 aliphatic rings. The molecule has 1 atom stereocenters. The summed E-state index contributed by atoms with van der Waals surface area (Å²) in [7, 11) is 0. The third-order valence-corrected chi connectivity index (χ3v) is 7.39. The highest BCUT2D eigenvalue weighted by molar-refractivity contribution is 5.98. The first-order chi connectivity index (χ1) is 15.0. The van der Waals surface area contributed by atoms with Crippen LogP contribution in [-0.4, -0.2) is 59.7 Å². The Balaban J connectivity index is 1.44. The van der Waals surface area contributed by atoms with Crippen molar-refractivity contribution in [2.24, 2.45) is 11.8 Å². The first kappa shape index (κ1) is 21.8. The lowest BCUT2D eigenvalue weighted by Crippen LogP contribution is -2.54. The minimum absolute atomic E-state index is 0.0417. The molecule has 0 aromatic heterocycles. The van der Waals surface area contributed by atoms with Crippen LogP contribution in [0.1, 0.15) is 67.3 Å². The lowest BCUT2D eigenvalue weighted by Gasteiger charge is -2.38. The molecule has 2 saturated heterocycles. The number of amides is 3. The van der Waals surface area contributed by atoms with Crippen molar-refractivity contribution in [3.8, 4) is 0 Å². The Morgan fingerprint density at radius 1 is 0.871 bits per heavy atom. The van der Waals surface area contributed by atoms with E-state index in [1.165, 1.54) is 0 Å². The van der Waals surface area contributed by atoms with Gasteiger partial charge in [-0.25, -0.2) is 0 Å². The minimum atomic E-state index is -0.520. The predicted octanol–water partition coefficient (Wildman–Crippen LogP) is 3.14. The van der Waals surface area contributed by atoms with E-state index in [-0.39, 0.29) is 23.7 Å². The zero-order chi connectivity index (χ0) is 21.8. The van der Waals surface area contributed by atoms with E-state index in [2.05, 4.69) is 5.32 Å². The number of nitrogens with one attached hydrogen (secondary N) is 1. The van der Waals surface area contributed by atoms with E-state index in [0.29, 0.717) is 24.6 Å². The Labute approximate surface area is 185 Å². The number of hydrogen-bond donors (Lipinski definition) is 1. The Bertz CT molecular complexity index is 804. The molecule has 6 nitrogen and oxygen atoms in total. The van der Waals surface area contributed by atoms with E-state index >= 15 is 0 Å². The second kappa shape index (κ2) is 9.84. The van der Waals surface area contributed by atoms with Gasteiger partial charge >= 0.3 is 0 Å². The summed E-state index contributed by atoms with van der Waals surface area (Å²) in [5, 5.41) is 3.09. The fourth-order valence-electron chi connectivity index (χ4n) is 5.45. The summed E-state index contributed by atoms with van der Waals surface area (Å²) < 4.78 is 0. The summed E-state index contributed by atoms with van der Waals surface area (Å²) in [5.74, 6) is 0.412. The fourth-order valence-corrected chi connectivity index (χ4v) is 5.45. The van der Waals surface area contributed by atoms with Crippen molar-refractivity contribution in [2.75, 3.05) is 26.2 Å². The van der Waals surface area contributed by atoms with Gasteiger partial charge in [0.2, 0.25) is 11.8 Å². The maximum Gasteiger partial charge on any atom is 0.252 e. The number of hydrogen-bond acceptors (Lipinski definition) is 3. The zero-order valence-corrected chi connectivity index (χ0v) is 18.6. The van der Waals surface area contributed by atoms with Crippen LogP contribution in [0.15, 0.2) is 24.3 Å². The van der Waals surface area contributed by atoms with E-state index in [4.69, 9.17) is 0 Å². The Morgan fingerprint density at radius 3 is 2.16 bits per heavy atom. The second-order valence-corrected chi connectivity index (χ2v) is 9.44. The lowest BCUT2D eigenvalue weighted by molar-refractivity contribution is -0.138. The van der Waals surface area contributed by atoms with E-state index in [1.807, 2.05) is 41.0 Å². The molecular weight excluding hydrogens is 390 g/mol. The van der Waals surface area contributed by atoms with E-state index in [0.717, 1.165) is 70.0 Å². The van der Waals surface area contributed by atoms with E-state index in [1.54, 1.807) is 0 Å². The van der Waals surface area contributed by atoms with Gasteiger partial charge < -0.3 is 15.1 Å². The molecule has 4 rings (SSSR count). The third kappa shape index (κ3) is 4.94. The first-order valence-electron chi connectivity index (χ1n) is 12.0. The number of likely N-dealkylation sites (tertiary alicyclic amines) is 2. The average Bonchev–Trinajstić information content (AvgIpc) is 3.51. The van der Waals surface area contributed by atoms with Crippen LogP contribution in [0.2, 0.25) is 0 Å². The summed E-state index contributed by atoms with van der Waals surface area (Å²) in [6, 6.07) is 6.97. The Morgan fingerprint density at radius 2 is 1.52 bits per heavy atom. The van der Waals surface area contributed by atoms with Gasteiger partial charge in [-0.1, -0.05) is 31.0 Å². The molecule has 1 aliphatic carbocycles. The number of aryl methyl sites for hydroxylation is 1. The van der Waals surface area contributed by atoms with Crippen molar-refractivity contribution < 1.29 is 14.4 Å². The standard InChI is InChI=1S/C25H35N3O3/c1-18-8-2-5-11-21(18)23(29)26-22(25(31)27-14-6-7-15-27)19-12-16-28(17-13-19)24(30)20-9-3-4-10-20/h2,5,8,11,19-20,22H,3-4,6-7,9-10,12-17H2,1H3,(H,26,29)/t22-/m0/s1. The number of carbonyl (C=O) groups is 3. The molecule has 1 aromatic carbocycles. The SMILES string of the molecule is Cc1ccccc1C(=O)N[C@H](C(=O)N1CCCC1)C1CCN(C(=O)C2CCCC2)CC1. The highest BCUT2D eigenvalue weighted by Crippen LogP contribution is 2.30. The minimum Gasteiger partial charge on any atom is -0.342 e. The van der Waals surface area contributed by atoms with Crippen LogP contribution in [0.25, 0.3) is 0 Å². The summed E-state index contributed by atoms with van der Waals surface area (Å²) in [4.78, 5) is 43.1. The molecular formula is C25H35N3O3. The third-order valence-electron chi connectivity index (χ3n) is 7.39. The number of piperidine rings is 1. The molecule has 6 heteroatoms. The van der Waals surface area contributed by atoms with E-state index < -0.39 is 6.04 Å². The van der Waals surface area contributed by atoms with Gasteiger partial charge in [0, 0.05) is 37.7 Å². The summed E-state index contributed by atoms with van der Waals surface area (Å²) in [6.45, 7) is 4.83. The summed E-state index contributed by atoms with van der Waals surface area (Å²) in [6.07, 6.45) is 7.92. The summed E-state index contributed by atoms with van der Waals surface area (Å²) in [5.41, 5.74) is 1.53. The maximum atomic E-state index is 13.4. The highest BCUT2D eigenvalue weighted by atomic mass is 16.2. The van der Waals surface area contributed by atoms with Crippen molar-refractivity contribution in [1.29, 1.82) is 0 Å². The smallest absolute Gasteiger partial charge is 0.252 e. The number of benzene rings is 1. The number of carbonyl (C=O) groups excluding carboxylic acids is 3. The number of rotatable bonds is 5. The van der Waals surface area contributed by atoms with Crippen LogP contribution < -0.4 is 5.32 Å². The van der Waals surface area contributed by atoms with Crippen LogP contribution in [0, 0.1) is 18.8 Å². The van der Waals surface area contributed by atoms with Crippen molar-refractivity contribution in [3.05, 3.63) is 35.4 Å². The molecule has 0 spiro atoms. The Hall–Kier alpha value is -2.37. The molecule has 168 valence electrons. The van der Waals surface area contributed by atoms with Gasteiger partial charge in [0.05, 0.1) is 0 Å². The van der Waals surface area contributed by atoms with Gasteiger partial charge in [0.25, 0.3) is 5.91 Å². The monoisotopic (exact) mass is 425 g/mol. The molecule has 1 N–H and O–H groups in total. The van der Waals surface area contributed by atoms with Crippen LogP contribution in [0.5, 0.6) is 0 Å². The van der Waals surface area contributed by atoms with E-state index in [9.17, 15) is 14.4 Å². The molecule has 0 bridgehead atoms. The van der Waals surface area contributed by atoms with Crippen molar-refractivity contribution in [2.45, 2.75) is 64.3 Å². The molecule has 31 heavy (non-hydrogen) atoms. The quantitative estimate of drug-likeness (QED) is 0.788. The largest absolute Gasteiger partial charge is 0.342 e. The van der Waals surface area contributed by atoms with Crippen LogP contribution in [0.4, 0.5) is 0 Å². The first-order valence-corrected chi connectivity index (χ1v) is 12.0. The van der Waals surface area contributed by atoms with Crippen molar-refractivity contribution in [1.82, 2.24) is 15.1 Å². The highest BCUT2D eigenvalue weighted by Gasteiger charge is 2.38. The molecule has 3 amide bonds. The number of nitrogens with zero attached hydrogens (tertiary/aromatic N) is 2. The molecule has 2 heterocycles. The normalized spacial score (nSPS) is 21.3. The summed E-state index contributed by atoms with van der Waals surface area (Å²) >= 11 is 0. The van der Waals surface area contributed by atoms with Gasteiger partial charge in [-0.15, -0.1) is 0 Å². The van der Waals surface area contributed by atoms with Crippen LogP contribution >= 0.6 is 0 Å². The van der Waals surface area contributed by atoms with Crippen molar-refractivity contribution >= 4 is 17.7 Å². The maximum absolute atomic E-state index is 13.4. The molecule has 2 aliphatic heterocycles. The molecule has 3 fully saturated rings. The average molecular weight is 426 g/mol. The Kier molecular flexibility index (Phi) is 6.93. The molecule has 1 aromatic rings. The van der Waals surface area contributed by atoms with Gasteiger partial charge in [0.1, 0.15) is 6.04 Å². The van der Waals surface area contributed by atoms with Crippen LogP contribution in [0.3, 0.4) is 0 Å². The zero-order valence-electron chi connectivity index (χ0n) is 18.6. The van der Waals surface area contributed by atoms with Gasteiger partial charge in [-0.2, -0.15) is 0 Å². The van der Waals surface area contributed by atoms with Crippen molar-refractivity contribution in [3.63, 3.8) is 0 Å². The molecule has 0 unspecified atom stereocenters. The molecule has 0 radical (unpaired) electrons. The van der Waals surface area contributed by atoms with Gasteiger partial charge in [0.15, 0.2) is 0 Å². The van der Waals surface area contributed by atoms with Crippen LogP contribution in [-0.2, 0) is 9.59 Å². The van der Waals surface area contributed by atoms with Gasteiger partial charge in [-0.05, 0) is 63.0 Å². The predicted molar refractivity (Wildman–Crippen MR) is 120 cm³/mol. The van der Waals surface area contributed by atoms with Gasteiger partial charge in [-0.3, -0.25) is 14.4 Å². The topological polar surface area (TPSA) is 69.7 Å². The fraction of sp³-hybridized carbons (Fsp3) is 0.640.